The Bertz CT molecular complexity index is 1000. The number of carbonyl (C=O) groups excluding carboxylic acids is 2. The first kappa shape index (κ1) is 16.9. The van der Waals surface area contributed by atoms with Gasteiger partial charge in [0.15, 0.2) is 5.78 Å². The Morgan fingerprint density at radius 2 is 2.08 bits per heavy atom. The van der Waals surface area contributed by atoms with Crippen LogP contribution in [0.3, 0.4) is 0 Å². The third-order valence-corrected chi connectivity index (χ3v) is 6.33. The summed E-state index contributed by atoms with van der Waals surface area (Å²) >= 11 is 1.28. The normalized spacial score (nSPS) is 26.2. The number of aliphatic carboxylic acids is 1. The minimum atomic E-state index is -1.17. The molecule has 2 aliphatic rings. The van der Waals surface area contributed by atoms with Crippen molar-refractivity contribution in [3.8, 4) is 0 Å². The first-order valence-corrected chi connectivity index (χ1v) is 9.02. The van der Waals surface area contributed by atoms with Crippen LogP contribution >= 0.6 is 11.3 Å². The number of hydrogen-bond acceptors (Lipinski definition) is 6. The Labute approximate surface area is 152 Å². The highest BCUT2D eigenvalue weighted by Gasteiger charge is 2.60. The van der Waals surface area contributed by atoms with Gasteiger partial charge in [-0.3, -0.25) is 14.0 Å². The van der Waals surface area contributed by atoms with Gasteiger partial charge >= 0.3 is 5.97 Å². The number of amides is 1. The molecule has 136 valence electrons. The number of nitrogens with zero attached hydrogens (tertiary/aromatic N) is 3. The molecule has 1 fully saturated rings. The molecule has 26 heavy (non-hydrogen) atoms. The van der Waals surface area contributed by atoms with Crippen molar-refractivity contribution in [3.63, 3.8) is 0 Å². The highest BCUT2D eigenvalue weighted by atomic mass is 32.1. The van der Waals surface area contributed by atoms with E-state index >= 15 is 0 Å². The van der Waals surface area contributed by atoms with E-state index in [0.717, 1.165) is 0 Å². The van der Waals surface area contributed by atoms with Crippen molar-refractivity contribution >= 4 is 39.4 Å². The van der Waals surface area contributed by atoms with Gasteiger partial charge in [-0.25, -0.2) is 9.78 Å². The van der Waals surface area contributed by atoms with Crippen LogP contribution in [0.4, 0.5) is 0 Å². The zero-order valence-electron chi connectivity index (χ0n) is 14.3. The number of ketones is 1. The van der Waals surface area contributed by atoms with Gasteiger partial charge in [-0.15, -0.1) is 11.3 Å². The fourth-order valence-corrected chi connectivity index (χ4v) is 5.32. The summed E-state index contributed by atoms with van der Waals surface area (Å²) in [5, 5.41) is 19.6. The molecule has 2 N–H and O–H groups in total. The topological polar surface area (TPSA) is 112 Å². The monoisotopic (exact) mass is 375 g/mol. The second-order valence-corrected chi connectivity index (χ2v) is 7.81. The molecule has 4 rings (SSSR count). The van der Waals surface area contributed by atoms with Crippen LogP contribution in [0.15, 0.2) is 18.2 Å². The molecule has 0 aliphatic carbocycles. The van der Waals surface area contributed by atoms with E-state index in [-0.39, 0.29) is 29.3 Å². The minimum Gasteiger partial charge on any atom is -0.477 e. The molecule has 0 bridgehead atoms. The van der Waals surface area contributed by atoms with Crippen molar-refractivity contribution in [2.75, 3.05) is 0 Å². The summed E-state index contributed by atoms with van der Waals surface area (Å²) in [6, 6.07) is -0.365. The molecule has 0 radical (unpaired) electrons. The molecule has 4 atom stereocenters. The van der Waals surface area contributed by atoms with Gasteiger partial charge in [-0.05, 0) is 6.92 Å². The number of hydrogen-bond donors (Lipinski definition) is 2. The van der Waals surface area contributed by atoms with Gasteiger partial charge in [0.05, 0.1) is 22.9 Å². The Hall–Kier alpha value is -2.52. The lowest BCUT2D eigenvalue weighted by molar-refractivity contribution is -0.163. The van der Waals surface area contributed by atoms with Gasteiger partial charge in [0.1, 0.15) is 22.5 Å². The largest absolute Gasteiger partial charge is 0.477 e. The Kier molecular flexibility index (Phi) is 3.57. The zero-order valence-corrected chi connectivity index (χ0v) is 15.1. The van der Waals surface area contributed by atoms with E-state index in [1.807, 2.05) is 6.92 Å². The third-order valence-electron chi connectivity index (χ3n) is 5.18. The average Bonchev–Trinajstić information content (AvgIpc) is 3.16. The summed E-state index contributed by atoms with van der Waals surface area (Å²) in [6.45, 7) is 4.84. The lowest BCUT2D eigenvalue weighted by atomic mass is 9.77. The Morgan fingerprint density at radius 1 is 1.38 bits per heavy atom. The van der Waals surface area contributed by atoms with E-state index in [2.05, 4.69) is 4.98 Å². The molecule has 1 unspecified atom stereocenters. The van der Waals surface area contributed by atoms with E-state index in [9.17, 15) is 24.6 Å². The lowest BCUT2D eigenvalue weighted by Gasteiger charge is -2.46. The van der Waals surface area contributed by atoms with E-state index in [0.29, 0.717) is 21.0 Å². The van der Waals surface area contributed by atoms with Gasteiger partial charge in [-0.2, -0.15) is 0 Å². The Morgan fingerprint density at radius 3 is 2.65 bits per heavy atom. The van der Waals surface area contributed by atoms with Gasteiger partial charge in [0.2, 0.25) is 5.91 Å². The first-order chi connectivity index (χ1) is 12.2. The summed E-state index contributed by atoms with van der Waals surface area (Å²) in [5.74, 6) is -2.54. The summed E-state index contributed by atoms with van der Waals surface area (Å²) < 4.78 is 1.69. The van der Waals surface area contributed by atoms with E-state index in [1.54, 1.807) is 17.5 Å². The molecule has 0 spiro atoms. The Balaban J connectivity index is 1.86. The predicted molar refractivity (Wildman–Crippen MR) is 92.6 cm³/mol. The van der Waals surface area contributed by atoms with Crippen molar-refractivity contribution < 1.29 is 24.6 Å². The number of aromatic nitrogens is 2. The summed E-state index contributed by atoms with van der Waals surface area (Å²) in [4.78, 5) is 42.7. The maximum absolute atomic E-state index is 12.4. The fraction of sp³-hybridized carbons (Fsp3) is 0.412. The van der Waals surface area contributed by atoms with Crippen molar-refractivity contribution in [3.05, 3.63) is 28.8 Å². The number of Topliss-reactive ketones (excluding diaryl/α,β-unsaturated/α-hetero) is 1. The highest BCUT2D eigenvalue weighted by molar-refractivity contribution is 7.18. The number of carbonyl (C=O) groups is 3. The minimum absolute atomic E-state index is 0.0359. The van der Waals surface area contributed by atoms with Crippen molar-refractivity contribution in [1.82, 2.24) is 14.3 Å². The van der Waals surface area contributed by atoms with Crippen LogP contribution in [0.1, 0.15) is 36.1 Å². The number of aliphatic hydroxyl groups is 1. The second kappa shape index (κ2) is 5.49. The van der Waals surface area contributed by atoms with Crippen LogP contribution < -0.4 is 0 Å². The molecule has 8 nitrogen and oxygen atoms in total. The second-order valence-electron chi connectivity index (χ2n) is 6.78. The molecular weight excluding hydrogens is 358 g/mol. The maximum atomic E-state index is 12.4. The van der Waals surface area contributed by atoms with Gasteiger partial charge in [0.25, 0.3) is 0 Å². The van der Waals surface area contributed by atoms with Crippen LogP contribution in [0.5, 0.6) is 0 Å². The third kappa shape index (κ3) is 2.04. The number of imidazole rings is 1. The van der Waals surface area contributed by atoms with E-state index in [4.69, 9.17) is 0 Å². The molecule has 1 amide bonds. The molecule has 2 aromatic rings. The molecule has 2 aromatic heterocycles. The fourth-order valence-electron chi connectivity index (χ4n) is 4.06. The van der Waals surface area contributed by atoms with Crippen LogP contribution in [-0.4, -0.2) is 54.3 Å². The van der Waals surface area contributed by atoms with Crippen molar-refractivity contribution in [1.29, 1.82) is 0 Å². The predicted octanol–water partition coefficient (Wildman–Crippen LogP) is 1.25. The average molecular weight is 375 g/mol. The number of rotatable bonds is 4. The van der Waals surface area contributed by atoms with Crippen LogP contribution in [-0.2, 0) is 9.59 Å². The molecule has 1 saturated heterocycles. The first-order valence-electron chi connectivity index (χ1n) is 8.20. The summed E-state index contributed by atoms with van der Waals surface area (Å²) in [7, 11) is 0. The molecular formula is C17H17N3O5S. The van der Waals surface area contributed by atoms with Gasteiger partial charge in [0, 0.05) is 24.6 Å². The van der Waals surface area contributed by atoms with Crippen LogP contribution in [0.2, 0.25) is 0 Å². The number of thiazole rings is 1. The van der Waals surface area contributed by atoms with Crippen LogP contribution in [0, 0.1) is 11.8 Å². The van der Waals surface area contributed by atoms with E-state index < -0.39 is 18.0 Å². The molecule has 0 aromatic carbocycles. The number of aliphatic hydroxyl groups excluding tert-OH is 1. The number of fused-ring (bicyclic) bond motifs is 2. The molecule has 9 heteroatoms. The number of carboxylic acid groups (broad SMARTS) is 1. The molecule has 4 heterocycles. The smallest absolute Gasteiger partial charge is 0.352 e. The number of carboxylic acids is 1. The standard InChI is InChI=1S/C17H17N3O5S/c1-6-10(9-4-19-5-18-12(8(3)22)16(19)26-9)14(17(24)25)20-13(6)11(7(2)21)15(20)23/h4-7,11,13,21H,1-3H3,(H,24,25)/t6?,7-,11-,13-/m1/s1. The van der Waals surface area contributed by atoms with E-state index in [1.165, 1.54) is 29.5 Å². The van der Waals surface area contributed by atoms with Gasteiger partial charge < -0.3 is 15.1 Å². The molecule has 0 saturated carbocycles. The highest BCUT2D eigenvalue weighted by Crippen LogP contribution is 2.51. The van der Waals surface area contributed by atoms with Crippen LogP contribution in [0.25, 0.3) is 10.4 Å². The summed E-state index contributed by atoms with van der Waals surface area (Å²) in [5.41, 5.74) is 0.860. The SMILES string of the molecule is CC(=O)c1ncn2cc(C3=C(C(=O)O)N4C(=O)[C@H]([C@@H](C)O)[C@H]4C3C)sc12. The number of β-lactam (4-membered cyclic amide) rings is 1. The molecule has 2 aliphatic heterocycles. The van der Waals surface area contributed by atoms with Crippen molar-refractivity contribution in [2.24, 2.45) is 11.8 Å². The maximum Gasteiger partial charge on any atom is 0.352 e. The van der Waals surface area contributed by atoms with Crippen molar-refractivity contribution in [2.45, 2.75) is 32.9 Å². The zero-order chi connectivity index (χ0) is 18.9. The quantitative estimate of drug-likeness (QED) is 0.614. The lowest BCUT2D eigenvalue weighted by Crippen LogP contribution is -2.63. The van der Waals surface area contributed by atoms with Gasteiger partial charge in [-0.1, -0.05) is 6.92 Å². The summed E-state index contributed by atoms with van der Waals surface area (Å²) in [6.07, 6.45) is 2.42.